The van der Waals surface area contributed by atoms with Gasteiger partial charge in [-0.05, 0) is 49.4 Å². The number of anilines is 3. The number of aromatic nitrogens is 1. The third kappa shape index (κ3) is 3.97. The molecule has 26 heavy (non-hydrogen) atoms. The molecule has 0 saturated carbocycles. The Kier molecular flexibility index (Phi) is 5.12. The summed E-state index contributed by atoms with van der Waals surface area (Å²) < 4.78 is 18.1. The molecule has 2 aromatic carbocycles. The van der Waals surface area contributed by atoms with Crippen LogP contribution in [0.4, 0.5) is 21.5 Å². The largest absolute Gasteiger partial charge is 0.481 e. The fraction of sp³-hybridized carbons (Fsp3) is 0.100. The summed E-state index contributed by atoms with van der Waals surface area (Å²) in [4.78, 5) is 17.0. The van der Waals surface area contributed by atoms with Crippen LogP contribution in [0.15, 0.2) is 60.7 Å². The average molecular weight is 351 g/mol. The molecule has 5 nitrogen and oxygen atoms in total. The number of para-hydroxylation sites is 1. The van der Waals surface area contributed by atoms with Gasteiger partial charge in [0.05, 0.1) is 29.7 Å². The van der Waals surface area contributed by atoms with Gasteiger partial charge < -0.3 is 15.4 Å². The van der Waals surface area contributed by atoms with Crippen LogP contribution in [0.25, 0.3) is 0 Å². The van der Waals surface area contributed by atoms with Gasteiger partial charge in [0.1, 0.15) is 5.82 Å². The zero-order chi connectivity index (χ0) is 18.5. The van der Waals surface area contributed by atoms with E-state index in [1.54, 1.807) is 49.4 Å². The lowest BCUT2D eigenvalue weighted by Gasteiger charge is -2.13. The molecule has 0 spiro atoms. The average Bonchev–Trinajstić information content (AvgIpc) is 2.65. The minimum atomic E-state index is -0.316. The minimum Gasteiger partial charge on any atom is -0.481 e. The lowest BCUT2D eigenvalue weighted by atomic mass is 10.1. The molecule has 2 N–H and O–H groups in total. The molecule has 0 atom stereocenters. The first kappa shape index (κ1) is 17.4. The second-order valence-electron chi connectivity index (χ2n) is 5.62. The van der Waals surface area contributed by atoms with Gasteiger partial charge >= 0.3 is 0 Å². The van der Waals surface area contributed by atoms with Crippen molar-refractivity contribution in [2.75, 3.05) is 17.7 Å². The molecule has 0 unspecified atom stereocenters. The molecule has 1 aromatic heterocycles. The summed E-state index contributed by atoms with van der Waals surface area (Å²) in [6, 6.07) is 16.5. The van der Waals surface area contributed by atoms with Crippen molar-refractivity contribution in [3.63, 3.8) is 0 Å². The van der Waals surface area contributed by atoms with Crippen molar-refractivity contribution in [3.05, 3.63) is 77.7 Å². The summed E-state index contributed by atoms with van der Waals surface area (Å²) in [6.45, 7) is 1.79. The first-order chi connectivity index (χ1) is 12.6. The van der Waals surface area contributed by atoms with E-state index in [9.17, 15) is 9.18 Å². The summed E-state index contributed by atoms with van der Waals surface area (Å²) >= 11 is 0. The molecule has 0 bridgehead atoms. The van der Waals surface area contributed by atoms with Gasteiger partial charge in [-0.3, -0.25) is 4.79 Å². The van der Waals surface area contributed by atoms with Crippen LogP contribution < -0.4 is 15.4 Å². The minimum absolute atomic E-state index is 0.273. The molecule has 6 heteroatoms. The third-order valence-corrected chi connectivity index (χ3v) is 3.81. The Morgan fingerprint density at radius 1 is 1.00 bits per heavy atom. The van der Waals surface area contributed by atoms with Crippen molar-refractivity contribution in [1.82, 2.24) is 4.98 Å². The molecule has 0 aliphatic carbocycles. The van der Waals surface area contributed by atoms with Crippen LogP contribution in [-0.4, -0.2) is 18.0 Å². The number of hydrogen-bond acceptors (Lipinski definition) is 4. The van der Waals surface area contributed by atoms with E-state index in [2.05, 4.69) is 15.6 Å². The Morgan fingerprint density at radius 3 is 2.42 bits per heavy atom. The van der Waals surface area contributed by atoms with Gasteiger partial charge in [-0.2, -0.15) is 0 Å². The highest BCUT2D eigenvalue weighted by molar-refractivity contribution is 6.08. The Bertz CT molecular complexity index is 927. The number of carbonyl (C=O) groups is 1. The number of methoxy groups -OCH3 is 1. The monoisotopic (exact) mass is 351 g/mol. The van der Waals surface area contributed by atoms with Crippen LogP contribution in [0.1, 0.15) is 16.1 Å². The predicted octanol–water partition coefficient (Wildman–Crippen LogP) is 4.53. The van der Waals surface area contributed by atoms with Crippen LogP contribution in [0.2, 0.25) is 0 Å². The van der Waals surface area contributed by atoms with Gasteiger partial charge in [0, 0.05) is 11.8 Å². The summed E-state index contributed by atoms with van der Waals surface area (Å²) in [5, 5.41) is 5.99. The quantitative estimate of drug-likeness (QED) is 0.709. The van der Waals surface area contributed by atoms with Crippen molar-refractivity contribution < 1.29 is 13.9 Å². The fourth-order valence-electron chi connectivity index (χ4n) is 2.45. The Morgan fingerprint density at radius 2 is 1.73 bits per heavy atom. The summed E-state index contributed by atoms with van der Waals surface area (Å²) in [6.07, 6.45) is 0. The highest BCUT2D eigenvalue weighted by Gasteiger charge is 2.13. The van der Waals surface area contributed by atoms with E-state index in [1.165, 1.54) is 19.2 Å². The second kappa shape index (κ2) is 7.65. The molecule has 0 fully saturated rings. The maximum atomic E-state index is 13.1. The van der Waals surface area contributed by atoms with Gasteiger partial charge in [-0.25, -0.2) is 9.37 Å². The lowest BCUT2D eigenvalue weighted by Crippen LogP contribution is -2.15. The number of carbonyl (C=O) groups excluding carboxylic acids is 1. The van der Waals surface area contributed by atoms with Crippen LogP contribution in [0, 0.1) is 12.7 Å². The van der Waals surface area contributed by atoms with Gasteiger partial charge in [-0.15, -0.1) is 0 Å². The predicted molar refractivity (Wildman–Crippen MR) is 99.6 cm³/mol. The van der Waals surface area contributed by atoms with Crippen molar-refractivity contribution in [1.29, 1.82) is 0 Å². The standard InChI is InChI=1S/C20H18FN3O2/c1-13-17(11-12-19(22-13)26-2)24-20(25)16-5-3-4-6-18(16)23-15-9-7-14(21)8-10-15/h3-12,23H,1-2H3,(H,24,25). The molecule has 3 aromatic rings. The van der Waals surface area contributed by atoms with Crippen molar-refractivity contribution in [3.8, 4) is 5.88 Å². The first-order valence-electron chi connectivity index (χ1n) is 8.01. The smallest absolute Gasteiger partial charge is 0.257 e. The normalized spacial score (nSPS) is 10.3. The SMILES string of the molecule is COc1ccc(NC(=O)c2ccccc2Nc2ccc(F)cc2)c(C)n1. The van der Waals surface area contributed by atoms with E-state index in [4.69, 9.17) is 4.74 Å². The molecule has 0 radical (unpaired) electrons. The Balaban J connectivity index is 1.82. The van der Waals surface area contributed by atoms with Crippen LogP contribution >= 0.6 is 0 Å². The summed E-state index contributed by atoms with van der Waals surface area (Å²) in [7, 11) is 1.54. The molecular formula is C20H18FN3O2. The fourth-order valence-corrected chi connectivity index (χ4v) is 2.45. The molecular weight excluding hydrogens is 333 g/mol. The zero-order valence-corrected chi connectivity index (χ0v) is 14.4. The second-order valence-corrected chi connectivity index (χ2v) is 5.62. The number of halogens is 1. The molecule has 0 saturated heterocycles. The van der Waals surface area contributed by atoms with Crippen LogP contribution in [-0.2, 0) is 0 Å². The lowest BCUT2D eigenvalue weighted by molar-refractivity contribution is 0.102. The molecule has 1 heterocycles. The van der Waals surface area contributed by atoms with Crippen molar-refractivity contribution in [2.24, 2.45) is 0 Å². The highest BCUT2D eigenvalue weighted by Crippen LogP contribution is 2.23. The number of ether oxygens (including phenoxy) is 1. The molecule has 0 aliphatic rings. The van der Waals surface area contributed by atoms with E-state index >= 15 is 0 Å². The van der Waals surface area contributed by atoms with Gasteiger partial charge in [0.25, 0.3) is 5.91 Å². The number of benzene rings is 2. The number of pyridine rings is 1. The van der Waals surface area contributed by atoms with E-state index in [-0.39, 0.29) is 11.7 Å². The Hall–Kier alpha value is -3.41. The molecule has 3 rings (SSSR count). The zero-order valence-electron chi connectivity index (χ0n) is 14.4. The number of hydrogen-bond donors (Lipinski definition) is 2. The first-order valence-corrected chi connectivity index (χ1v) is 8.01. The maximum Gasteiger partial charge on any atom is 0.257 e. The van der Waals surface area contributed by atoms with Crippen molar-refractivity contribution >= 4 is 23.0 Å². The molecule has 132 valence electrons. The summed E-state index contributed by atoms with van der Waals surface area (Å²) in [5.41, 5.74) is 3.03. The van der Waals surface area contributed by atoms with E-state index in [0.717, 1.165) is 0 Å². The number of rotatable bonds is 5. The third-order valence-electron chi connectivity index (χ3n) is 3.81. The summed E-state index contributed by atoms with van der Waals surface area (Å²) in [5.74, 6) is -0.104. The van der Waals surface area contributed by atoms with Crippen LogP contribution in [0.3, 0.4) is 0 Å². The number of nitrogens with one attached hydrogen (secondary N) is 2. The molecule has 1 amide bonds. The van der Waals surface area contributed by atoms with Gasteiger partial charge in [0.2, 0.25) is 5.88 Å². The number of nitrogens with zero attached hydrogens (tertiary/aromatic N) is 1. The van der Waals surface area contributed by atoms with Gasteiger partial charge in [0.15, 0.2) is 0 Å². The molecule has 0 aliphatic heterocycles. The van der Waals surface area contributed by atoms with Crippen molar-refractivity contribution in [2.45, 2.75) is 6.92 Å². The number of amides is 1. The highest BCUT2D eigenvalue weighted by atomic mass is 19.1. The number of aryl methyl sites for hydroxylation is 1. The van der Waals surface area contributed by atoms with E-state index in [0.29, 0.717) is 34.2 Å². The van der Waals surface area contributed by atoms with Crippen LogP contribution in [0.5, 0.6) is 5.88 Å². The topological polar surface area (TPSA) is 63.2 Å². The van der Waals surface area contributed by atoms with Gasteiger partial charge in [-0.1, -0.05) is 12.1 Å². The maximum absolute atomic E-state index is 13.1. The van der Waals surface area contributed by atoms with E-state index < -0.39 is 0 Å². The Labute approximate surface area is 150 Å². The van der Waals surface area contributed by atoms with E-state index in [1.807, 2.05) is 6.07 Å².